The molecule has 12 rings (SSSR count). The van der Waals surface area contributed by atoms with Crippen LogP contribution in [-0.4, -0.2) is 24.1 Å². The molecule has 3 aromatic heterocycles. The molecule has 5 nitrogen and oxygen atoms in total. The first-order valence-electron chi connectivity index (χ1n) is 21.0. The fourth-order valence-corrected chi connectivity index (χ4v) is 9.15. The molecule has 62 heavy (non-hydrogen) atoms. The van der Waals surface area contributed by atoms with Crippen LogP contribution >= 0.6 is 0 Å². The Bertz CT molecular complexity index is 3550. The standard InChI is InChI=1S/C57H37N5/c1-4-17-38(18-5-1)40-31-33-42(34-32-40)55-58-56(60-57(59-55)62-49-27-13-10-23-45(49)46-24-11-14-28-50(46)62)48-25-12-15-29-51(48)61-52-30-16-26-44(41-21-8-3-9-22-41)54(52)47-36-35-43(37-53(47)61)39-19-6-2-7-20-39/h1-37H. The van der Waals surface area contributed by atoms with E-state index in [-0.39, 0.29) is 0 Å². The number of aromatic nitrogens is 5. The monoisotopic (exact) mass is 791 g/mol. The number of rotatable bonds is 7. The van der Waals surface area contributed by atoms with E-state index in [2.05, 4.69) is 228 Å². The van der Waals surface area contributed by atoms with Crippen LogP contribution in [0.2, 0.25) is 0 Å². The van der Waals surface area contributed by atoms with Crippen LogP contribution in [0, 0.1) is 0 Å². The molecule has 0 radical (unpaired) electrons. The zero-order valence-electron chi connectivity index (χ0n) is 33.6. The van der Waals surface area contributed by atoms with Crippen molar-refractivity contribution < 1.29 is 0 Å². The maximum atomic E-state index is 5.43. The van der Waals surface area contributed by atoms with Crippen LogP contribution < -0.4 is 0 Å². The van der Waals surface area contributed by atoms with Crippen molar-refractivity contribution in [2.24, 2.45) is 0 Å². The van der Waals surface area contributed by atoms with Gasteiger partial charge in [0.15, 0.2) is 11.6 Å². The first-order valence-corrected chi connectivity index (χ1v) is 21.0. The van der Waals surface area contributed by atoms with Gasteiger partial charge in [0.2, 0.25) is 5.95 Å². The molecule has 0 unspecified atom stereocenters. The Balaban J connectivity index is 1.13. The normalized spacial score (nSPS) is 11.5. The van der Waals surface area contributed by atoms with Crippen LogP contribution in [0.5, 0.6) is 0 Å². The summed E-state index contributed by atoms with van der Waals surface area (Å²) >= 11 is 0. The molecule has 0 N–H and O–H groups in total. The molecule has 0 fully saturated rings. The first-order chi connectivity index (χ1) is 30.8. The van der Waals surface area contributed by atoms with E-state index in [0.29, 0.717) is 17.6 Å². The minimum atomic E-state index is 0.560. The lowest BCUT2D eigenvalue weighted by Gasteiger charge is -2.16. The lowest BCUT2D eigenvalue weighted by molar-refractivity contribution is 0.951. The Kier molecular flexibility index (Phi) is 8.42. The van der Waals surface area contributed by atoms with E-state index < -0.39 is 0 Å². The molecular weight excluding hydrogens is 755 g/mol. The zero-order valence-corrected chi connectivity index (χ0v) is 33.6. The van der Waals surface area contributed by atoms with E-state index in [4.69, 9.17) is 15.0 Å². The highest BCUT2D eigenvalue weighted by Gasteiger charge is 2.23. The number of benzene rings is 9. The van der Waals surface area contributed by atoms with Gasteiger partial charge in [0, 0.05) is 32.7 Å². The van der Waals surface area contributed by atoms with Gasteiger partial charge in [-0.2, -0.15) is 9.97 Å². The van der Waals surface area contributed by atoms with E-state index in [0.717, 1.165) is 66.3 Å². The number of nitrogens with zero attached hydrogens (tertiary/aromatic N) is 5. The van der Waals surface area contributed by atoms with E-state index in [9.17, 15) is 0 Å². The van der Waals surface area contributed by atoms with E-state index in [1.807, 2.05) is 6.07 Å². The molecular formula is C57H37N5. The average Bonchev–Trinajstić information content (AvgIpc) is 3.87. The minimum absolute atomic E-state index is 0.560. The molecule has 0 aliphatic carbocycles. The molecule has 9 aromatic carbocycles. The molecule has 5 heteroatoms. The molecule has 0 aliphatic rings. The highest BCUT2D eigenvalue weighted by Crippen LogP contribution is 2.42. The quantitative estimate of drug-likeness (QED) is 0.162. The lowest BCUT2D eigenvalue weighted by atomic mass is 9.98. The smallest absolute Gasteiger partial charge is 0.238 e. The van der Waals surface area contributed by atoms with Gasteiger partial charge in [0.1, 0.15) is 0 Å². The van der Waals surface area contributed by atoms with Gasteiger partial charge in [-0.3, -0.25) is 4.57 Å². The number of para-hydroxylation sites is 3. The predicted octanol–water partition coefficient (Wildman–Crippen LogP) is 14.4. The van der Waals surface area contributed by atoms with E-state index in [1.165, 1.54) is 27.5 Å². The summed E-state index contributed by atoms with van der Waals surface area (Å²) in [7, 11) is 0. The van der Waals surface area contributed by atoms with Crippen LogP contribution in [-0.2, 0) is 0 Å². The van der Waals surface area contributed by atoms with E-state index >= 15 is 0 Å². The predicted molar refractivity (Wildman–Crippen MR) is 256 cm³/mol. The number of fused-ring (bicyclic) bond motifs is 6. The summed E-state index contributed by atoms with van der Waals surface area (Å²) in [6.45, 7) is 0. The van der Waals surface area contributed by atoms with Crippen molar-refractivity contribution in [3.05, 3.63) is 224 Å². The maximum Gasteiger partial charge on any atom is 0.238 e. The Morgan fingerprint density at radius 2 is 0.774 bits per heavy atom. The second-order valence-corrected chi connectivity index (χ2v) is 15.6. The fourth-order valence-electron chi connectivity index (χ4n) is 9.15. The van der Waals surface area contributed by atoms with Crippen LogP contribution in [0.1, 0.15) is 0 Å². The largest absolute Gasteiger partial charge is 0.308 e. The average molecular weight is 792 g/mol. The van der Waals surface area contributed by atoms with Gasteiger partial charge in [-0.1, -0.05) is 188 Å². The topological polar surface area (TPSA) is 48.5 Å². The number of hydrogen-bond acceptors (Lipinski definition) is 3. The van der Waals surface area contributed by atoms with Crippen molar-refractivity contribution in [2.45, 2.75) is 0 Å². The lowest BCUT2D eigenvalue weighted by Crippen LogP contribution is -2.07. The molecule has 0 saturated carbocycles. The van der Waals surface area contributed by atoms with Gasteiger partial charge in [-0.25, -0.2) is 4.98 Å². The van der Waals surface area contributed by atoms with Crippen molar-refractivity contribution in [1.29, 1.82) is 0 Å². The molecule has 0 aliphatic heterocycles. The minimum Gasteiger partial charge on any atom is -0.308 e. The second kappa shape index (κ2) is 14.7. The third-order valence-corrected chi connectivity index (χ3v) is 12.0. The zero-order chi connectivity index (χ0) is 41.0. The molecule has 0 amide bonds. The Morgan fingerprint density at radius 3 is 1.47 bits per heavy atom. The summed E-state index contributed by atoms with van der Waals surface area (Å²) in [5, 5.41) is 4.67. The summed E-state index contributed by atoms with van der Waals surface area (Å²) in [5.41, 5.74) is 14.0. The molecule has 0 atom stereocenters. The maximum absolute atomic E-state index is 5.43. The molecule has 12 aromatic rings. The van der Waals surface area contributed by atoms with Crippen molar-refractivity contribution in [3.8, 4) is 67.8 Å². The number of hydrogen-bond donors (Lipinski definition) is 0. The summed E-state index contributed by atoms with van der Waals surface area (Å²) in [6.07, 6.45) is 0. The van der Waals surface area contributed by atoms with Crippen LogP contribution in [0.15, 0.2) is 224 Å². The van der Waals surface area contributed by atoms with Crippen LogP contribution in [0.25, 0.3) is 111 Å². The van der Waals surface area contributed by atoms with Gasteiger partial charge in [-0.05, 0) is 69.8 Å². The van der Waals surface area contributed by atoms with Crippen LogP contribution in [0.4, 0.5) is 0 Å². The summed E-state index contributed by atoms with van der Waals surface area (Å²) < 4.78 is 4.58. The van der Waals surface area contributed by atoms with Crippen LogP contribution in [0.3, 0.4) is 0 Å². The second-order valence-electron chi connectivity index (χ2n) is 15.6. The summed E-state index contributed by atoms with van der Waals surface area (Å²) in [6, 6.07) is 79.2. The Morgan fingerprint density at radius 1 is 0.274 bits per heavy atom. The highest BCUT2D eigenvalue weighted by molar-refractivity contribution is 6.16. The molecule has 3 heterocycles. The third kappa shape index (κ3) is 5.90. The molecule has 0 bridgehead atoms. The van der Waals surface area contributed by atoms with Crippen molar-refractivity contribution in [2.75, 3.05) is 0 Å². The highest BCUT2D eigenvalue weighted by atomic mass is 15.2. The first kappa shape index (κ1) is 35.5. The molecule has 0 spiro atoms. The SMILES string of the molecule is c1ccc(-c2ccc(-c3nc(-c4ccccc4-n4c5cc(-c6ccccc6)ccc5c5c(-c6ccccc6)cccc54)nc(-n4c5ccccc5c5ccccc54)n3)cc2)cc1. The molecule has 290 valence electrons. The van der Waals surface area contributed by atoms with Gasteiger partial charge in [-0.15, -0.1) is 0 Å². The summed E-state index contributed by atoms with van der Waals surface area (Å²) in [4.78, 5) is 16.1. The van der Waals surface area contributed by atoms with Gasteiger partial charge in [0.05, 0.1) is 27.8 Å². The Labute approximate surface area is 358 Å². The Hall–Kier alpha value is -8.41. The molecule has 0 saturated heterocycles. The fraction of sp³-hybridized carbons (Fsp3) is 0. The van der Waals surface area contributed by atoms with Gasteiger partial charge >= 0.3 is 0 Å². The van der Waals surface area contributed by atoms with Gasteiger partial charge in [0.25, 0.3) is 0 Å². The third-order valence-electron chi connectivity index (χ3n) is 12.0. The van der Waals surface area contributed by atoms with Crippen molar-refractivity contribution in [1.82, 2.24) is 24.1 Å². The van der Waals surface area contributed by atoms with Crippen molar-refractivity contribution >= 4 is 43.6 Å². The van der Waals surface area contributed by atoms with E-state index in [1.54, 1.807) is 0 Å². The van der Waals surface area contributed by atoms with Gasteiger partial charge < -0.3 is 4.57 Å². The summed E-state index contributed by atoms with van der Waals surface area (Å²) in [5.74, 6) is 1.74. The van der Waals surface area contributed by atoms with Crippen molar-refractivity contribution in [3.63, 3.8) is 0 Å².